The zero-order valence-electron chi connectivity index (χ0n) is 20.7. The number of nitrogens with zero attached hydrogens (tertiary/aromatic N) is 1. The van der Waals surface area contributed by atoms with Gasteiger partial charge in [0.15, 0.2) is 17.2 Å². The molecule has 7 nitrogen and oxygen atoms in total. The Hall–Kier alpha value is -3.34. The van der Waals surface area contributed by atoms with Crippen LogP contribution in [-0.2, 0) is 22.5 Å². The Kier molecular flexibility index (Phi) is 9.09. The highest BCUT2D eigenvalue weighted by atomic mass is 79.9. The monoisotopic (exact) mass is 587 g/mol. The van der Waals surface area contributed by atoms with Crippen molar-refractivity contribution in [2.75, 3.05) is 13.2 Å². The van der Waals surface area contributed by atoms with Crippen LogP contribution in [0, 0.1) is 11.6 Å². The standard InChI is InChI=1S/C28H28BrF2N3O4/c1-18-28(16-19-3-8-22(29)9-4-19,27(36)34-32-17-20-5-12-24(30)25(31)15-20)33-26(38-18)21-6-10-23(11-7-21)37-14-2-13-35/h3-12,15,18,32,35H,2,13-14,16-17H2,1H3,(H,34,36)/t18-,28-/m0/s1. The van der Waals surface area contributed by atoms with Gasteiger partial charge in [0, 0.05) is 36.0 Å². The zero-order valence-corrected chi connectivity index (χ0v) is 22.3. The van der Waals surface area contributed by atoms with E-state index in [9.17, 15) is 13.6 Å². The molecular weight excluding hydrogens is 560 g/mol. The molecule has 10 heteroatoms. The predicted molar refractivity (Wildman–Crippen MR) is 143 cm³/mol. The summed E-state index contributed by atoms with van der Waals surface area (Å²) in [4.78, 5) is 18.4. The van der Waals surface area contributed by atoms with Gasteiger partial charge in [0.25, 0.3) is 5.91 Å². The van der Waals surface area contributed by atoms with Crippen molar-refractivity contribution in [2.24, 2.45) is 4.99 Å². The molecule has 3 N–H and O–H groups in total. The molecule has 0 aliphatic carbocycles. The zero-order chi connectivity index (χ0) is 27.1. The van der Waals surface area contributed by atoms with Gasteiger partial charge in [-0.15, -0.1) is 0 Å². The molecule has 0 bridgehead atoms. The van der Waals surface area contributed by atoms with E-state index in [1.54, 1.807) is 31.2 Å². The number of hydrogen-bond donors (Lipinski definition) is 3. The Bertz CT molecular complexity index is 1290. The highest BCUT2D eigenvalue weighted by Gasteiger charge is 2.50. The fraction of sp³-hybridized carbons (Fsp3) is 0.286. The van der Waals surface area contributed by atoms with E-state index in [0.717, 1.165) is 22.2 Å². The van der Waals surface area contributed by atoms with Crippen LogP contribution in [0.15, 0.2) is 76.2 Å². The molecule has 0 saturated heterocycles. The maximum Gasteiger partial charge on any atom is 0.266 e. The van der Waals surface area contributed by atoms with Crippen molar-refractivity contribution in [1.29, 1.82) is 0 Å². The number of carbonyl (C=O) groups excluding carboxylic acids is 1. The lowest BCUT2D eigenvalue weighted by Crippen LogP contribution is -2.55. The van der Waals surface area contributed by atoms with Crippen LogP contribution < -0.4 is 15.6 Å². The van der Waals surface area contributed by atoms with Gasteiger partial charge in [-0.1, -0.05) is 34.1 Å². The van der Waals surface area contributed by atoms with Crippen molar-refractivity contribution in [1.82, 2.24) is 10.9 Å². The van der Waals surface area contributed by atoms with Crippen LogP contribution in [-0.4, -0.2) is 41.8 Å². The van der Waals surface area contributed by atoms with Gasteiger partial charge in [0.2, 0.25) is 5.90 Å². The third-order valence-electron chi connectivity index (χ3n) is 6.19. The molecule has 0 saturated carbocycles. The number of benzene rings is 3. The van der Waals surface area contributed by atoms with Gasteiger partial charge in [-0.25, -0.2) is 19.2 Å². The van der Waals surface area contributed by atoms with Crippen molar-refractivity contribution in [3.8, 4) is 5.75 Å². The summed E-state index contributed by atoms with van der Waals surface area (Å²) < 4.78 is 39.4. The molecule has 0 spiro atoms. The summed E-state index contributed by atoms with van der Waals surface area (Å²) in [5.41, 5.74) is 6.22. The number of aliphatic hydroxyl groups excluding tert-OH is 1. The Morgan fingerprint density at radius 1 is 1.08 bits per heavy atom. The van der Waals surface area contributed by atoms with E-state index >= 15 is 0 Å². The average molecular weight is 588 g/mol. The summed E-state index contributed by atoms with van der Waals surface area (Å²) in [5, 5.41) is 8.92. The summed E-state index contributed by atoms with van der Waals surface area (Å²) in [6.45, 7) is 2.33. The summed E-state index contributed by atoms with van der Waals surface area (Å²) in [7, 11) is 0. The number of halogens is 3. The number of ether oxygens (including phenoxy) is 2. The average Bonchev–Trinajstić information content (AvgIpc) is 3.25. The van der Waals surface area contributed by atoms with Crippen molar-refractivity contribution < 1.29 is 28.2 Å². The van der Waals surface area contributed by atoms with E-state index in [2.05, 4.69) is 26.8 Å². The normalized spacial score (nSPS) is 18.6. The van der Waals surface area contributed by atoms with Gasteiger partial charge in [0.1, 0.15) is 11.9 Å². The number of carbonyl (C=O) groups is 1. The molecule has 1 aliphatic heterocycles. The maximum atomic E-state index is 13.6. The van der Waals surface area contributed by atoms with Crippen LogP contribution in [0.5, 0.6) is 5.75 Å². The second-order valence-electron chi connectivity index (χ2n) is 8.91. The molecule has 4 rings (SSSR count). The molecule has 3 aromatic rings. The summed E-state index contributed by atoms with van der Waals surface area (Å²) >= 11 is 3.43. The molecule has 0 aromatic heterocycles. The van der Waals surface area contributed by atoms with Crippen LogP contribution in [0.3, 0.4) is 0 Å². The number of rotatable bonds is 11. The molecule has 1 amide bonds. The quantitative estimate of drug-likeness (QED) is 0.228. The van der Waals surface area contributed by atoms with Gasteiger partial charge < -0.3 is 14.6 Å². The number of aliphatic imine (C=N–C) groups is 1. The fourth-order valence-electron chi connectivity index (χ4n) is 4.04. The number of hydrogen-bond acceptors (Lipinski definition) is 6. The molecule has 2 atom stereocenters. The van der Waals surface area contributed by atoms with Gasteiger partial charge in [-0.2, -0.15) is 0 Å². The van der Waals surface area contributed by atoms with E-state index in [1.807, 2.05) is 24.3 Å². The second-order valence-corrected chi connectivity index (χ2v) is 9.83. The van der Waals surface area contributed by atoms with Crippen LogP contribution in [0.25, 0.3) is 0 Å². The van der Waals surface area contributed by atoms with E-state index in [4.69, 9.17) is 19.6 Å². The summed E-state index contributed by atoms with van der Waals surface area (Å²) in [6.07, 6.45) is 0.200. The van der Waals surface area contributed by atoms with Gasteiger partial charge >= 0.3 is 0 Å². The Morgan fingerprint density at radius 2 is 1.79 bits per heavy atom. The molecule has 0 fully saturated rings. The van der Waals surface area contributed by atoms with Crippen molar-refractivity contribution in [3.63, 3.8) is 0 Å². The summed E-state index contributed by atoms with van der Waals surface area (Å²) in [6, 6.07) is 18.3. The molecule has 0 radical (unpaired) electrons. The number of aliphatic hydroxyl groups is 1. The van der Waals surface area contributed by atoms with Crippen LogP contribution >= 0.6 is 15.9 Å². The first-order valence-corrected chi connectivity index (χ1v) is 12.9. The molecule has 1 heterocycles. The SMILES string of the molecule is C[C@@H]1OC(c2ccc(OCCCO)cc2)=N[C@]1(Cc1ccc(Br)cc1)C(=O)NNCc1ccc(F)c(F)c1. The minimum absolute atomic E-state index is 0.0543. The van der Waals surface area contributed by atoms with Crippen LogP contribution in [0.1, 0.15) is 30.0 Å². The number of nitrogens with one attached hydrogen (secondary N) is 2. The van der Waals surface area contributed by atoms with E-state index in [1.165, 1.54) is 6.07 Å². The van der Waals surface area contributed by atoms with E-state index in [0.29, 0.717) is 35.8 Å². The van der Waals surface area contributed by atoms with Crippen LogP contribution in [0.2, 0.25) is 0 Å². The highest BCUT2D eigenvalue weighted by Crippen LogP contribution is 2.33. The molecule has 200 valence electrons. The minimum Gasteiger partial charge on any atom is -0.494 e. The van der Waals surface area contributed by atoms with Gasteiger partial charge in [-0.3, -0.25) is 10.2 Å². The third kappa shape index (κ3) is 6.56. The van der Waals surface area contributed by atoms with Crippen LogP contribution in [0.4, 0.5) is 8.78 Å². The molecule has 1 aliphatic rings. The molecule has 0 unspecified atom stereocenters. The number of hydrazine groups is 1. The largest absolute Gasteiger partial charge is 0.494 e. The Labute approximate surface area is 228 Å². The van der Waals surface area contributed by atoms with Crippen molar-refractivity contribution in [3.05, 3.63) is 99.5 Å². The second kappa shape index (κ2) is 12.5. The van der Waals surface area contributed by atoms with E-state index < -0.39 is 29.2 Å². The smallest absolute Gasteiger partial charge is 0.266 e. The summed E-state index contributed by atoms with van der Waals surface area (Å²) in [5.74, 6) is -1.34. The van der Waals surface area contributed by atoms with Gasteiger partial charge in [-0.05, 0) is 66.6 Å². The Balaban J connectivity index is 1.55. The lowest BCUT2D eigenvalue weighted by atomic mass is 9.86. The third-order valence-corrected chi connectivity index (χ3v) is 6.72. The van der Waals surface area contributed by atoms with Crippen molar-refractivity contribution >= 4 is 27.7 Å². The Morgan fingerprint density at radius 3 is 2.47 bits per heavy atom. The highest BCUT2D eigenvalue weighted by molar-refractivity contribution is 9.10. The lowest BCUT2D eigenvalue weighted by Gasteiger charge is -2.28. The topological polar surface area (TPSA) is 92.2 Å². The minimum atomic E-state index is -1.29. The predicted octanol–water partition coefficient (Wildman–Crippen LogP) is 4.46. The fourth-order valence-corrected chi connectivity index (χ4v) is 4.31. The van der Waals surface area contributed by atoms with Gasteiger partial charge in [0.05, 0.1) is 6.61 Å². The maximum absolute atomic E-state index is 13.6. The number of amides is 1. The molecular formula is C28H28BrF2N3O4. The van der Waals surface area contributed by atoms with E-state index in [-0.39, 0.29) is 19.6 Å². The van der Waals surface area contributed by atoms with Crippen molar-refractivity contribution in [2.45, 2.75) is 38.0 Å². The lowest BCUT2D eigenvalue weighted by molar-refractivity contribution is -0.129. The molecule has 38 heavy (non-hydrogen) atoms. The first-order chi connectivity index (χ1) is 18.3. The molecule has 3 aromatic carbocycles. The first kappa shape index (κ1) is 27.7. The first-order valence-electron chi connectivity index (χ1n) is 12.1.